The third-order valence-corrected chi connectivity index (χ3v) is 6.49. The molecule has 160 valence electrons. The van der Waals surface area contributed by atoms with Gasteiger partial charge in [0.1, 0.15) is 23.2 Å². The Morgan fingerprint density at radius 2 is 1.83 bits per heavy atom. The molecule has 0 saturated carbocycles. The fraction of sp³-hybridized carbons (Fsp3) is 0.368. The number of aromatic nitrogens is 3. The smallest absolute Gasteiger partial charge is 0.251 e. The monoisotopic (exact) mass is 512 g/mol. The quantitative estimate of drug-likeness (QED) is 0.494. The Morgan fingerprint density at radius 1 is 1.13 bits per heavy atom. The molecule has 1 fully saturated rings. The first-order valence-corrected chi connectivity index (χ1v) is 12.0. The van der Waals surface area contributed by atoms with Crippen molar-refractivity contribution in [2.75, 3.05) is 13.2 Å². The zero-order chi connectivity index (χ0) is 21.5. The van der Waals surface area contributed by atoms with Crippen molar-refractivity contribution in [2.45, 2.75) is 32.7 Å². The van der Waals surface area contributed by atoms with Crippen LogP contribution in [0.2, 0.25) is 0 Å². The molecule has 4 rings (SSSR count). The van der Waals surface area contributed by atoms with Crippen LogP contribution in [0.25, 0.3) is 11.3 Å². The van der Waals surface area contributed by atoms with Gasteiger partial charge in [-0.15, -0.1) is 27.8 Å². The molecule has 1 saturated heterocycles. The summed E-state index contributed by atoms with van der Waals surface area (Å²) in [5, 5.41) is 18.3. The van der Waals surface area contributed by atoms with Crippen molar-refractivity contribution in [1.29, 1.82) is 0 Å². The predicted molar refractivity (Wildman–Crippen MR) is 119 cm³/mol. The van der Waals surface area contributed by atoms with Crippen LogP contribution in [0, 0.1) is 0 Å². The largest absolute Gasteiger partial charge is 0.492 e. The molecule has 4 heterocycles. The van der Waals surface area contributed by atoms with Gasteiger partial charge in [-0.3, -0.25) is 14.9 Å². The van der Waals surface area contributed by atoms with Crippen LogP contribution < -0.4 is 14.8 Å². The van der Waals surface area contributed by atoms with Crippen molar-refractivity contribution in [3.05, 3.63) is 32.2 Å². The molecule has 11 heteroatoms. The van der Waals surface area contributed by atoms with Gasteiger partial charge in [-0.25, -0.2) is 4.68 Å². The Bertz CT molecular complexity index is 1000. The van der Waals surface area contributed by atoms with E-state index in [1.165, 1.54) is 16.0 Å². The summed E-state index contributed by atoms with van der Waals surface area (Å²) in [7, 11) is 0. The minimum Gasteiger partial charge on any atom is -0.492 e. The molecule has 1 unspecified atom stereocenters. The standard InChI is InChI=1S/C13H14N4O3S.C6H7BrOS/c1-2-20-11-7-21-6-8(11)9-5-17(16-15-9)10-3-4-12(18)14-13(10)19;1-2-8-6-4-9-3-5(6)7/h5-7,10H,2-4H2,1H3,(H,14,18,19);3-4H,2H2,1H3. The SMILES string of the molecule is CCOc1cscc1-c1cn(C2CCC(=O)NC2=O)nn1.CCOc1cscc1Br. The molecule has 3 aromatic heterocycles. The average molecular weight is 513 g/mol. The summed E-state index contributed by atoms with van der Waals surface area (Å²) in [4.78, 5) is 23.0. The minimum atomic E-state index is -0.488. The minimum absolute atomic E-state index is 0.243. The molecule has 0 spiro atoms. The van der Waals surface area contributed by atoms with E-state index in [-0.39, 0.29) is 11.8 Å². The summed E-state index contributed by atoms with van der Waals surface area (Å²) in [5.74, 6) is 1.13. The lowest BCUT2D eigenvalue weighted by Crippen LogP contribution is -2.41. The zero-order valence-electron chi connectivity index (χ0n) is 16.5. The summed E-state index contributed by atoms with van der Waals surface area (Å²) >= 11 is 6.51. The molecule has 1 atom stereocenters. The second-order valence-corrected chi connectivity index (χ2v) is 8.49. The maximum atomic E-state index is 11.8. The van der Waals surface area contributed by atoms with Gasteiger partial charge < -0.3 is 9.47 Å². The third kappa shape index (κ3) is 5.46. The molecule has 0 aromatic carbocycles. The van der Waals surface area contributed by atoms with Gasteiger partial charge in [0.2, 0.25) is 5.91 Å². The lowest BCUT2D eigenvalue weighted by Gasteiger charge is -2.20. The normalized spacial score (nSPS) is 15.9. The molecule has 2 amide bonds. The molecule has 3 aromatic rings. The number of nitrogens with one attached hydrogen (secondary N) is 1. The van der Waals surface area contributed by atoms with Gasteiger partial charge >= 0.3 is 0 Å². The van der Waals surface area contributed by atoms with Crippen molar-refractivity contribution in [1.82, 2.24) is 20.3 Å². The van der Waals surface area contributed by atoms with Crippen molar-refractivity contribution in [2.24, 2.45) is 0 Å². The number of imide groups is 1. The third-order valence-electron chi connectivity index (χ3n) is 4.12. The maximum absolute atomic E-state index is 11.8. The molecule has 0 bridgehead atoms. The number of carbonyl (C=O) groups is 2. The van der Waals surface area contributed by atoms with Gasteiger partial charge in [0.15, 0.2) is 0 Å². The van der Waals surface area contributed by atoms with Crippen LogP contribution in [0.15, 0.2) is 32.2 Å². The molecule has 0 aliphatic carbocycles. The number of amides is 2. The topological polar surface area (TPSA) is 95.3 Å². The van der Waals surface area contributed by atoms with E-state index in [0.29, 0.717) is 25.1 Å². The highest BCUT2D eigenvalue weighted by atomic mass is 79.9. The highest BCUT2D eigenvalue weighted by Gasteiger charge is 2.29. The van der Waals surface area contributed by atoms with Crippen molar-refractivity contribution >= 4 is 50.4 Å². The first-order chi connectivity index (χ1) is 14.5. The van der Waals surface area contributed by atoms with E-state index in [4.69, 9.17) is 9.47 Å². The average Bonchev–Trinajstić information content (AvgIpc) is 3.45. The van der Waals surface area contributed by atoms with Crippen LogP contribution in [0.5, 0.6) is 11.5 Å². The fourth-order valence-electron chi connectivity index (χ4n) is 2.75. The van der Waals surface area contributed by atoms with Crippen LogP contribution in [0.1, 0.15) is 32.7 Å². The van der Waals surface area contributed by atoms with Gasteiger partial charge in [0.05, 0.1) is 29.4 Å². The van der Waals surface area contributed by atoms with E-state index in [1.54, 1.807) is 17.5 Å². The van der Waals surface area contributed by atoms with Gasteiger partial charge in [0, 0.05) is 27.9 Å². The van der Waals surface area contributed by atoms with Crippen molar-refractivity contribution < 1.29 is 19.1 Å². The van der Waals surface area contributed by atoms with E-state index in [1.807, 2.05) is 35.4 Å². The number of piperidine rings is 1. The molecular weight excluding hydrogens is 492 g/mol. The molecule has 30 heavy (non-hydrogen) atoms. The van der Waals surface area contributed by atoms with E-state index in [0.717, 1.165) is 28.1 Å². The highest BCUT2D eigenvalue weighted by Crippen LogP contribution is 2.33. The highest BCUT2D eigenvalue weighted by molar-refractivity contribution is 9.10. The summed E-state index contributed by atoms with van der Waals surface area (Å²) in [5.41, 5.74) is 1.52. The maximum Gasteiger partial charge on any atom is 0.251 e. The molecule has 1 aliphatic rings. The summed E-state index contributed by atoms with van der Waals surface area (Å²) in [6, 6.07) is -0.488. The predicted octanol–water partition coefficient (Wildman–Crippen LogP) is 4.29. The Labute approximate surface area is 190 Å². The van der Waals surface area contributed by atoms with Gasteiger partial charge in [-0.2, -0.15) is 0 Å². The first-order valence-electron chi connectivity index (χ1n) is 9.32. The number of hydrogen-bond acceptors (Lipinski definition) is 8. The molecule has 1 N–H and O–H groups in total. The Morgan fingerprint density at radius 3 is 2.50 bits per heavy atom. The van der Waals surface area contributed by atoms with Gasteiger partial charge in [-0.1, -0.05) is 5.21 Å². The number of carbonyl (C=O) groups excluding carboxylic acids is 2. The molecular formula is C19H21BrN4O4S2. The van der Waals surface area contributed by atoms with E-state index >= 15 is 0 Å². The second-order valence-electron chi connectivity index (χ2n) is 6.15. The molecule has 1 aliphatic heterocycles. The van der Waals surface area contributed by atoms with E-state index < -0.39 is 6.04 Å². The van der Waals surface area contributed by atoms with Gasteiger partial charge in [-0.05, 0) is 36.2 Å². The number of ether oxygens (including phenoxy) is 2. The van der Waals surface area contributed by atoms with Crippen molar-refractivity contribution in [3.63, 3.8) is 0 Å². The Balaban J connectivity index is 0.000000239. The lowest BCUT2D eigenvalue weighted by molar-refractivity contribution is -0.136. The first kappa shape index (κ1) is 22.4. The Hall–Kier alpha value is -2.24. The fourth-order valence-corrected chi connectivity index (χ4v) is 4.84. The van der Waals surface area contributed by atoms with Crippen molar-refractivity contribution in [3.8, 4) is 22.8 Å². The van der Waals surface area contributed by atoms with E-state index in [9.17, 15) is 9.59 Å². The van der Waals surface area contributed by atoms with Crippen LogP contribution in [-0.4, -0.2) is 40.0 Å². The summed E-state index contributed by atoms with van der Waals surface area (Å²) < 4.78 is 13.3. The number of hydrogen-bond donors (Lipinski definition) is 1. The van der Waals surface area contributed by atoms with E-state index in [2.05, 4.69) is 31.6 Å². The summed E-state index contributed by atoms with van der Waals surface area (Å²) in [6.07, 6.45) is 2.47. The number of rotatable bonds is 6. The Kier molecular flexibility index (Phi) is 8.00. The van der Waals surface area contributed by atoms with Gasteiger partial charge in [0.25, 0.3) is 5.91 Å². The van der Waals surface area contributed by atoms with Crippen LogP contribution in [0.3, 0.4) is 0 Å². The second kappa shape index (κ2) is 10.7. The number of nitrogens with zero attached hydrogens (tertiary/aromatic N) is 3. The molecule has 0 radical (unpaired) electrons. The van der Waals surface area contributed by atoms with Crippen LogP contribution >= 0.6 is 38.6 Å². The number of thiophene rings is 2. The lowest BCUT2D eigenvalue weighted by atomic mass is 10.1. The number of halogens is 1. The zero-order valence-corrected chi connectivity index (χ0v) is 19.7. The van der Waals surface area contributed by atoms with Crippen LogP contribution in [-0.2, 0) is 9.59 Å². The molecule has 8 nitrogen and oxygen atoms in total. The summed E-state index contributed by atoms with van der Waals surface area (Å²) in [6.45, 7) is 5.20. The van der Waals surface area contributed by atoms with Crippen LogP contribution in [0.4, 0.5) is 0 Å².